The number of carbonyl (C=O) groups excluding carboxylic acids is 3. The summed E-state index contributed by atoms with van der Waals surface area (Å²) in [5.41, 5.74) is 10.1. The number of amides is 3. The van der Waals surface area contributed by atoms with Gasteiger partial charge in [-0.25, -0.2) is 4.79 Å². The Kier molecular flexibility index (Phi) is 9.67. The number of aromatic nitrogens is 2. The molecule has 3 amide bonds. The van der Waals surface area contributed by atoms with Crippen LogP contribution in [0.15, 0.2) is 85.2 Å². The summed E-state index contributed by atoms with van der Waals surface area (Å²) >= 11 is 0. The van der Waals surface area contributed by atoms with Gasteiger partial charge in [-0.1, -0.05) is 48.5 Å². The van der Waals surface area contributed by atoms with E-state index in [1.807, 2.05) is 48.5 Å². The van der Waals surface area contributed by atoms with Gasteiger partial charge in [0.2, 0.25) is 17.7 Å². The van der Waals surface area contributed by atoms with Crippen molar-refractivity contribution in [1.82, 2.24) is 25.9 Å². The average molecular weight is 625 g/mol. The second kappa shape index (κ2) is 14.0. The number of aromatic amines is 2. The Morgan fingerprint density at radius 2 is 1.24 bits per heavy atom. The maximum Gasteiger partial charge on any atom is 0.326 e. The van der Waals surface area contributed by atoms with Crippen LogP contribution in [0.3, 0.4) is 0 Å². The summed E-state index contributed by atoms with van der Waals surface area (Å²) in [6.45, 7) is 1.47. The van der Waals surface area contributed by atoms with Gasteiger partial charge in [0.25, 0.3) is 0 Å². The van der Waals surface area contributed by atoms with Gasteiger partial charge in [0, 0.05) is 47.0 Å². The number of phenols is 1. The van der Waals surface area contributed by atoms with Gasteiger partial charge in [-0.2, -0.15) is 0 Å². The first-order chi connectivity index (χ1) is 22.1. The maximum atomic E-state index is 13.5. The molecule has 0 spiro atoms. The number of hydrogen-bond acceptors (Lipinski definition) is 6. The van der Waals surface area contributed by atoms with Crippen molar-refractivity contribution < 1.29 is 29.4 Å². The molecule has 5 rings (SSSR count). The van der Waals surface area contributed by atoms with Gasteiger partial charge >= 0.3 is 5.97 Å². The van der Waals surface area contributed by atoms with E-state index in [0.29, 0.717) is 11.1 Å². The first kappa shape index (κ1) is 31.8. The lowest BCUT2D eigenvalue weighted by molar-refractivity contribution is -0.142. The van der Waals surface area contributed by atoms with Crippen molar-refractivity contribution in [3.8, 4) is 5.75 Å². The van der Waals surface area contributed by atoms with E-state index < -0.39 is 47.9 Å². The number of phenolic OH excluding ortho intramolecular Hbond substituents is 1. The standard InChI is InChI=1S/C34H36N6O6/c1-19(38-32(43)26(35)15-21-17-36-27-8-4-2-6-24(21)27)31(42)39-29(14-20-10-12-23(41)13-11-20)33(44)40-30(34(45)46)16-22-18-37-28-9-5-3-7-25(22)28/h2-13,17-19,26,29-30,36-37,41H,14-16,35H2,1H3,(H,38,43)(H,39,42)(H,40,44)(H,45,46). The summed E-state index contributed by atoms with van der Waals surface area (Å²) < 4.78 is 0. The predicted molar refractivity (Wildman–Crippen MR) is 173 cm³/mol. The van der Waals surface area contributed by atoms with Crippen molar-refractivity contribution >= 4 is 45.5 Å². The highest BCUT2D eigenvalue weighted by atomic mass is 16.4. The van der Waals surface area contributed by atoms with E-state index in [1.54, 1.807) is 24.5 Å². The zero-order valence-corrected chi connectivity index (χ0v) is 25.1. The molecule has 0 bridgehead atoms. The molecule has 0 saturated carbocycles. The number of para-hydroxylation sites is 2. The van der Waals surface area contributed by atoms with Crippen LogP contribution in [0.25, 0.3) is 21.8 Å². The van der Waals surface area contributed by atoms with E-state index in [-0.39, 0.29) is 25.0 Å². The lowest BCUT2D eigenvalue weighted by Crippen LogP contribution is -2.57. The minimum atomic E-state index is -1.29. The molecule has 2 aromatic heterocycles. The van der Waals surface area contributed by atoms with Gasteiger partial charge in [0.05, 0.1) is 6.04 Å². The molecule has 0 radical (unpaired) electrons. The SMILES string of the molecule is CC(NC(=O)C(N)Cc1c[nH]c2ccccc12)C(=O)NC(Cc1ccc(O)cc1)C(=O)NC(Cc1c[nH]c2ccccc12)C(=O)O. The Bertz CT molecular complexity index is 1860. The number of rotatable bonds is 13. The van der Waals surface area contributed by atoms with Crippen molar-refractivity contribution in [2.45, 2.75) is 50.4 Å². The molecule has 4 atom stereocenters. The van der Waals surface area contributed by atoms with E-state index in [1.165, 1.54) is 19.1 Å². The number of fused-ring (bicyclic) bond motifs is 2. The zero-order valence-electron chi connectivity index (χ0n) is 25.1. The lowest BCUT2D eigenvalue weighted by atomic mass is 10.0. The van der Waals surface area contributed by atoms with E-state index in [0.717, 1.165) is 27.4 Å². The number of aliphatic carboxylic acids is 1. The van der Waals surface area contributed by atoms with Crippen LogP contribution in [0.5, 0.6) is 5.75 Å². The molecule has 0 aliphatic rings. The monoisotopic (exact) mass is 624 g/mol. The van der Waals surface area contributed by atoms with Crippen LogP contribution in [-0.4, -0.2) is 68.0 Å². The van der Waals surface area contributed by atoms with Crippen LogP contribution in [0, 0.1) is 0 Å². The Balaban J connectivity index is 1.26. The molecular weight excluding hydrogens is 588 g/mol. The van der Waals surface area contributed by atoms with Crippen molar-refractivity contribution in [3.05, 3.63) is 102 Å². The molecule has 12 nitrogen and oxygen atoms in total. The van der Waals surface area contributed by atoms with Gasteiger partial charge in [0.1, 0.15) is 23.9 Å². The molecule has 12 heteroatoms. The number of carbonyl (C=O) groups is 4. The third-order valence-corrected chi connectivity index (χ3v) is 7.93. The van der Waals surface area contributed by atoms with Crippen LogP contribution in [-0.2, 0) is 38.4 Å². The second-order valence-electron chi connectivity index (χ2n) is 11.3. The topological polar surface area (TPSA) is 202 Å². The molecule has 5 aromatic rings. The second-order valence-corrected chi connectivity index (χ2v) is 11.3. The van der Waals surface area contributed by atoms with Gasteiger partial charge < -0.3 is 41.9 Å². The van der Waals surface area contributed by atoms with Gasteiger partial charge in [-0.3, -0.25) is 14.4 Å². The average Bonchev–Trinajstić information content (AvgIpc) is 3.65. The summed E-state index contributed by atoms with van der Waals surface area (Å²) in [6.07, 6.45) is 3.74. The number of hydrogen-bond donors (Lipinski definition) is 8. The molecule has 3 aromatic carbocycles. The number of aromatic hydroxyl groups is 1. The Labute approximate surface area is 264 Å². The highest BCUT2D eigenvalue weighted by Crippen LogP contribution is 2.20. The summed E-state index contributed by atoms with van der Waals surface area (Å²) in [4.78, 5) is 58.2. The fourth-order valence-corrected chi connectivity index (χ4v) is 5.38. The van der Waals surface area contributed by atoms with Gasteiger partial charge in [-0.05, 0) is 54.3 Å². The van der Waals surface area contributed by atoms with Gasteiger partial charge in [-0.15, -0.1) is 0 Å². The number of carboxylic acids is 1. The Morgan fingerprint density at radius 3 is 1.83 bits per heavy atom. The molecule has 0 aliphatic carbocycles. The smallest absolute Gasteiger partial charge is 0.326 e. The summed E-state index contributed by atoms with van der Waals surface area (Å²) in [5.74, 6) is -3.13. The number of carboxylic acid groups (broad SMARTS) is 1. The quantitative estimate of drug-likeness (QED) is 0.0981. The highest BCUT2D eigenvalue weighted by molar-refractivity contribution is 5.94. The first-order valence-electron chi connectivity index (χ1n) is 14.9. The van der Waals surface area contributed by atoms with Gasteiger partial charge in [0.15, 0.2) is 0 Å². The number of H-pyrrole nitrogens is 2. The highest BCUT2D eigenvalue weighted by Gasteiger charge is 2.30. The van der Waals surface area contributed by atoms with Crippen LogP contribution >= 0.6 is 0 Å². The van der Waals surface area contributed by atoms with E-state index >= 15 is 0 Å². The molecule has 0 saturated heterocycles. The fraction of sp³-hybridized carbons (Fsp3) is 0.235. The molecule has 2 heterocycles. The molecule has 238 valence electrons. The summed E-state index contributed by atoms with van der Waals surface area (Å²) in [6, 6.07) is 16.7. The van der Waals surface area contributed by atoms with Crippen molar-refractivity contribution in [3.63, 3.8) is 0 Å². The maximum absolute atomic E-state index is 13.5. The van der Waals surface area contributed by atoms with Crippen molar-refractivity contribution in [1.29, 1.82) is 0 Å². The third kappa shape index (κ3) is 7.53. The minimum absolute atomic E-state index is 0.00196. The largest absolute Gasteiger partial charge is 0.508 e. The Morgan fingerprint density at radius 1 is 0.696 bits per heavy atom. The van der Waals surface area contributed by atoms with E-state index in [9.17, 15) is 29.4 Å². The van der Waals surface area contributed by atoms with E-state index in [4.69, 9.17) is 5.73 Å². The fourth-order valence-electron chi connectivity index (χ4n) is 5.38. The molecule has 0 fully saturated rings. The van der Waals surface area contributed by atoms with Crippen molar-refractivity contribution in [2.75, 3.05) is 0 Å². The van der Waals surface area contributed by atoms with Crippen LogP contribution in [0.4, 0.5) is 0 Å². The normalized spacial score (nSPS) is 13.9. The third-order valence-electron chi connectivity index (χ3n) is 7.93. The molecule has 46 heavy (non-hydrogen) atoms. The summed E-state index contributed by atoms with van der Waals surface area (Å²) in [7, 11) is 0. The molecule has 9 N–H and O–H groups in total. The number of nitrogens with one attached hydrogen (secondary N) is 5. The molecule has 4 unspecified atom stereocenters. The van der Waals surface area contributed by atoms with E-state index in [2.05, 4.69) is 25.9 Å². The predicted octanol–water partition coefficient (Wildman–Crippen LogP) is 2.27. The number of nitrogens with two attached hydrogens (primary N) is 1. The van der Waals surface area contributed by atoms with Crippen molar-refractivity contribution in [2.24, 2.45) is 5.73 Å². The molecular formula is C34H36N6O6. The zero-order chi connectivity index (χ0) is 32.8. The minimum Gasteiger partial charge on any atom is -0.508 e. The van der Waals surface area contributed by atoms with Crippen LogP contribution < -0.4 is 21.7 Å². The lowest BCUT2D eigenvalue weighted by Gasteiger charge is -2.24. The summed E-state index contributed by atoms with van der Waals surface area (Å²) in [5, 5.41) is 29.3. The first-order valence-corrected chi connectivity index (χ1v) is 14.9. The number of benzene rings is 3. The van der Waals surface area contributed by atoms with Crippen LogP contribution in [0.1, 0.15) is 23.6 Å². The Hall–Kier alpha value is -5.62. The van der Waals surface area contributed by atoms with Crippen LogP contribution in [0.2, 0.25) is 0 Å². The molecule has 0 aliphatic heterocycles.